The fourth-order valence-electron chi connectivity index (χ4n) is 18.5. The number of carbonyl (C=O) groups excluding carboxylic acids is 2. The number of carbonyl (C=O) groups is 2. The average molecular weight is 2000 g/mol. The van der Waals surface area contributed by atoms with Gasteiger partial charge in [-0.05, 0) is 118 Å². The molecule has 17 aromatic rings. The number of pyridine rings is 2. The molecule has 13 heterocycles. The number of benzene rings is 9. The number of nitriles is 5. The number of piperazine rings is 5. The van der Waals surface area contributed by atoms with E-state index in [2.05, 4.69) is 152 Å². The second-order valence-electron chi connectivity index (χ2n) is 37.6. The Morgan fingerprint density at radius 2 is 0.667 bits per heavy atom. The van der Waals surface area contributed by atoms with Crippen LogP contribution in [0.3, 0.4) is 0 Å². The second kappa shape index (κ2) is 49.1. The Kier molecular flexibility index (Phi) is 33.6. The Balaban J connectivity index is 0.000000123. The minimum atomic E-state index is -1.08. The van der Waals surface area contributed by atoms with Crippen molar-refractivity contribution in [1.82, 2.24) is 94.3 Å². The average Bonchev–Trinajstić information content (AvgIpc) is 1.25. The van der Waals surface area contributed by atoms with E-state index in [1.807, 2.05) is 253 Å². The number of para-hydroxylation sites is 8. The van der Waals surface area contributed by atoms with Gasteiger partial charge in [-0.25, -0.2) is 44.9 Å². The highest BCUT2D eigenvalue weighted by molar-refractivity contribution is 5.91. The van der Waals surface area contributed by atoms with Gasteiger partial charge in [0, 0.05) is 173 Å². The van der Waals surface area contributed by atoms with Gasteiger partial charge in [0.15, 0.2) is 41.1 Å². The standard InChI is InChI=1S/C25H25N7.C24H23N7O.2C24H24N4O2.C18H19N7O/c1-30-13-15-31(16-14-30)25-23(28-21-9-5-6-10-22(21)29-25)20(17-26)24-27-11-12-32(24)18-19-7-3-2-4-8-19;1-30-11-13-31(14-12-30)23-22(26-19-9-5-6-10-20(19)27-23)18(16-25)24-29-28-21(32-24)15-17-7-3-2-4-8-17;1-27-11-13-28(14-12-27)22-15-19-9-5-6-10-21(19)26-23(22)20(16-25)24(29)30-17-18-7-3-2-4-8-18;1-27-11-13-28(14-12-27)23-20(15-19-9-5-6-10-22(19)26-23)21(16-25)24(29)30-17-18-7-3-2-4-8-18;1-12-22-23-18(26-12)13(11-19)16-17(25-9-7-24(2)8-10-25)21-15-6-4-3-5-14(15)20-16/h2-12,20H,13-16,18H2,1H3;2-10,18H,11-15H2,1H3;2-10,15,20H,11-14,17H2,1H3;2-10,15,21H,11-14,17H2,1H3;3-6,13H,7-10H2,1-2H3. The highest BCUT2D eigenvalue weighted by Crippen LogP contribution is 2.39. The molecule has 0 bridgehead atoms. The zero-order valence-corrected chi connectivity index (χ0v) is 84.7. The molecule has 0 spiro atoms. The maximum absolute atomic E-state index is 12.9. The number of aromatic nitrogens is 14. The van der Waals surface area contributed by atoms with Crippen molar-refractivity contribution in [1.29, 1.82) is 26.3 Å². The van der Waals surface area contributed by atoms with Gasteiger partial charge >= 0.3 is 11.9 Å². The molecule has 9 aromatic carbocycles. The summed E-state index contributed by atoms with van der Waals surface area (Å²) in [5, 5.41) is 68.1. The number of ether oxygens (including phenoxy) is 2. The first-order valence-corrected chi connectivity index (χ1v) is 50.3. The minimum Gasteiger partial charge on any atom is -0.460 e. The smallest absolute Gasteiger partial charge is 0.329 e. The molecule has 150 heavy (non-hydrogen) atoms. The molecule has 5 unspecified atom stereocenters. The first kappa shape index (κ1) is 103. The van der Waals surface area contributed by atoms with E-state index in [1.165, 1.54) is 0 Å². The summed E-state index contributed by atoms with van der Waals surface area (Å²) in [7, 11) is 10.5. The molecule has 35 heteroatoms. The van der Waals surface area contributed by atoms with Crippen molar-refractivity contribution in [3.05, 3.63) is 347 Å². The summed E-state index contributed by atoms with van der Waals surface area (Å²) >= 11 is 0. The van der Waals surface area contributed by atoms with Gasteiger partial charge in [0.05, 0.1) is 92.3 Å². The van der Waals surface area contributed by atoms with Crippen molar-refractivity contribution < 1.29 is 27.9 Å². The van der Waals surface area contributed by atoms with Crippen molar-refractivity contribution in [3.63, 3.8) is 0 Å². The molecule has 0 aliphatic carbocycles. The summed E-state index contributed by atoms with van der Waals surface area (Å²) in [5.41, 5.74) is 14.1. The third-order valence-corrected chi connectivity index (χ3v) is 27.1. The molecule has 5 saturated heterocycles. The molecule has 5 atom stereocenters. The Morgan fingerprint density at radius 3 is 1.08 bits per heavy atom. The molecule has 0 radical (unpaired) electrons. The highest BCUT2D eigenvalue weighted by atomic mass is 16.5. The zero-order valence-electron chi connectivity index (χ0n) is 84.7. The van der Waals surface area contributed by atoms with Crippen LogP contribution in [-0.4, -0.2) is 272 Å². The van der Waals surface area contributed by atoms with Crippen molar-refractivity contribution in [2.45, 2.75) is 62.7 Å². The number of rotatable bonds is 23. The number of hydrogen-bond acceptors (Lipinski definition) is 34. The van der Waals surface area contributed by atoms with Crippen molar-refractivity contribution in [2.24, 2.45) is 0 Å². The van der Waals surface area contributed by atoms with Gasteiger partial charge in [-0.1, -0.05) is 194 Å². The number of imidazole rings is 1. The predicted molar refractivity (Wildman–Crippen MR) is 573 cm³/mol. The summed E-state index contributed by atoms with van der Waals surface area (Å²) in [5.74, 6) is -0.354. The number of esters is 2. The van der Waals surface area contributed by atoms with Gasteiger partial charge in [0.25, 0.3) is 0 Å². The van der Waals surface area contributed by atoms with Crippen LogP contribution in [0.25, 0.3) is 54.9 Å². The lowest BCUT2D eigenvalue weighted by atomic mass is 9.98. The molecule has 5 fully saturated rings. The molecule has 5 aliphatic rings. The molecule has 22 rings (SSSR count). The zero-order chi connectivity index (χ0) is 104. The molecule has 0 N–H and O–H groups in total. The Labute approximate surface area is 870 Å². The second-order valence-corrected chi connectivity index (χ2v) is 37.6. The van der Waals surface area contributed by atoms with Crippen molar-refractivity contribution in [2.75, 3.05) is 191 Å². The third kappa shape index (κ3) is 25.1. The fraction of sp³-hybridized carbons (Fsp3) is 0.304. The summed E-state index contributed by atoms with van der Waals surface area (Å²) in [6, 6.07) is 93.2. The maximum Gasteiger partial charge on any atom is 0.329 e. The van der Waals surface area contributed by atoms with Gasteiger partial charge < -0.3 is 71.9 Å². The first-order valence-electron chi connectivity index (χ1n) is 50.3. The Bertz CT molecular complexity index is 7550. The fourth-order valence-corrected chi connectivity index (χ4v) is 18.5. The lowest BCUT2D eigenvalue weighted by Crippen LogP contribution is -2.45. The normalized spacial score (nSPS) is 15.7. The van der Waals surface area contributed by atoms with Crippen LogP contribution < -0.4 is 24.5 Å². The summed E-state index contributed by atoms with van der Waals surface area (Å²) in [4.78, 5) is 91.5. The molecule has 0 amide bonds. The summed E-state index contributed by atoms with van der Waals surface area (Å²) in [6.07, 6.45) is 4.20. The van der Waals surface area contributed by atoms with E-state index in [9.17, 15) is 35.9 Å². The largest absolute Gasteiger partial charge is 0.460 e. The van der Waals surface area contributed by atoms with E-state index < -0.39 is 41.5 Å². The van der Waals surface area contributed by atoms with Gasteiger partial charge in [0.1, 0.15) is 47.9 Å². The maximum atomic E-state index is 12.9. The Morgan fingerprint density at radius 1 is 0.333 bits per heavy atom. The number of anilines is 5. The number of likely N-dealkylation sites (N-methyl/N-ethyl adjacent to an activating group) is 5. The van der Waals surface area contributed by atoms with Crippen LogP contribution in [0, 0.1) is 63.6 Å². The van der Waals surface area contributed by atoms with Crippen LogP contribution in [-0.2, 0) is 45.2 Å². The van der Waals surface area contributed by atoms with E-state index in [1.54, 1.807) is 13.1 Å². The molecular formula is C115H115N29O6. The summed E-state index contributed by atoms with van der Waals surface area (Å²) in [6.45, 7) is 20.1. The molecule has 5 aliphatic heterocycles. The minimum absolute atomic E-state index is 0.134. The van der Waals surface area contributed by atoms with Crippen molar-refractivity contribution in [3.8, 4) is 30.3 Å². The van der Waals surface area contributed by atoms with Gasteiger partial charge in [-0.15, -0.1) is 20.4 Å². The molecular weight excluding hydrogens is 1880 g/mol. The molecule has 8 aromatic heterocycles. The van der Waals surface area contributed by atoms with Crippen LogP contribution in [0.2, 0.25) is 0 Å². The quantitative estimate of drug-likeness (QED) is 0.0537. The van der Waals surface area contributed by atoms with E-state index >= 15 is 0 Å². The highest BCUT2D eigenvalue weighted by Gasteiger charge is 2.37. The first-order chi connectivity index (χ1) is 73.4. The van der Waals surface area contributed by atoms with Crippen LogP contribution in [0.5, 0.6) is 0 Å². The molecule has 756 valence electrons. The van der Waals surface area contributed by atoms with Gasteiger partial charge in [-0.2, -0.15) is 26.3 Å². The van der Waals surface area contributed by atoms with Crippen LogP contribution in [0.1, 0.15) is 110 Å². The van der Waals surface area contributed by atoms with E-state index in [-0.39, 0.29) is 25.0 Å². The lowest BCUT2D eigenvalue weighted by molar-refractivity contribution is -0.146. The van der Waals surface area contributed by atoms with Crippen LogP contribution in [0.4, 0.5) is 29.0 Å². The number of aryl methyl sites for hydroxylation is 1. The van der Waals surface area contributed by atoms with E-state index in [4.69, 9.17) is 58.2 Å². The van der Waals surface area contributed by atoms with Crippen LogP contribution in [0.15, 0.2) is 276 Å². The van der Waals surface area contributed by atoms with E-state index in [0.29, 0.717) is 70.5 Å². The van der Waals surface area contributed by atoms with Crippen LogP contribution >= 0.6 is 0 Å². The summed E-state index contributed by atoms with van der Waals surface area (Å²) < 4.78 is 24.5. The SMILES string of the molecule is CN1CCN(c2cc3ccccc3nc2C(C#N)C(=O)OCc2ccccc2)CC1.CN1CCN(c2nc3ccccc3cc2C(C#N)C(=O)OCc2ccccc2)CC1.CN1CCN(c2nc3ccccc3nc2C(C#N)c2nccn2Cc2ccccc2)CC1.CN1CCN(c2nc3ccccc3nc2C(C#N)c2nnc(Cc3ccccc3)o2)CC1.Cc1nnc(C(C#N)c2nc3ccccc3nc2N2CCN(C)CC2)o1. The van der Waals surface area contributed by atoms with Gasteiger partial charge in [-0.3, -0.25) is 9.59 Å². The molecule has 35 nitrogen and oxygen atoms in total. The van der Waals surface area contributed by atoms with E-state index in [0.717, 1.165) is 225 Å². The van der Waals surface area contributed by atoms with Gasteiger partial charge in [0.2, 0.25) is 23.6 Å². The third-order valence-electron chi connectivity index (χ3n) is 27.1. The monoisotopic (exact) mass is 2000 g/mol. The number of nitrogens with zero attached hydrogens (tertiary/aromatic N) is 29. The van der Waals surface area contributed by atoms with Crippen molar-refractivity contribution >= 4 is 95.8 Å². The Hall–Kier alpha value is -17.5. The number of fused-ring (bicyclic) bond motifs is 5. The lowest BCUT2D eigenvalue weighted by Gasteiger charge is -2.35. The topological polar surface area (TPSA) is 403 Å². The predicted octanol–water partition coefficient (Wildman–Crippen LogP) is 14.7. The molecule has 0 saturated carbocycles. The number of hydrogen-bond donors (Lipinski definition) is 0.